The van der Waals surface area contributed by atoms with Crippen LogP contribution in [0, 0.1) is 5.92 Å². The molecule has 1 unspecified atom stereocenters. The van der Waals surface area contributed by atoms with E-state index in [1.807, 2.05) is 18.2 Å². The van der Waals surface area contributed by atoms with Crippen LogP contribution in [0.2, 0.25) is 0 Å². The van der Waals surface area contributed by atoms with Gasteiger partial charge in [-0.05, 0) is 43.1 Å². The summed E-state index contributed by atoms with van der Waals surface area (Å²) in [5, 5.41) is 6.05. The lowest BCUT2D eigenvalue weighted by molar-refractivity contribution is -0.116. The molecule has 0 saturated carbocycles. The van der Waals surface area contributed by atoms with Crippen molar-refractivity contribution in [3.8, 4) is 0 Å². The molecule has 0 bridgehead atoms. The molecule has 1 aromatic rings. The van der Waals surface area contributed by atoms with E-state index >= 15 is 0 Å². The molecular weight excluding hydrogens is 228 g/mol. The zero-order valence-electron chi connectivity index (χ0n) is 10.2. The van der Waals surface area contributed by atoms with Gasteiger partial charge in [-0.15, -0.1) is 0 Å². The van der Waals surface area contributed by atoms with Crippen LogP contribution in [-0.2, 0) is 11.2 Å². The second kappa shape index (κ2) is 4.53. The molecule has 2 heterocycles. The third-order valence-corrected chi connectivity index (χ3v) is 3.72. The summed E-state index contributed by atoms with van der Waals surface area (Å²) >= 11 is 0. The molecule has 3 rings (SSSR count). The van der Waals surface area contributed by atoms with Crippen LogP contribution < -0.4 is 10.6 Å². The number of amides is 1. The number of hydrogen-bond donors (Lipinski definition) is 2. The Morgan fingerprint density at radius 3 is 2.94 bits per heavy atom. The molecule has 0 aliphatic carbocycles. The van der Waals surface area contributed by atoms with Crippen LogP contribution in [-0.4, -0.2) is 24.8 Å². The molecule has 1 amide bonds. The number of hydrogen-bond acceptors (Lipinski definition) is 3. The fraction of sp³-hybridized carbons (Fsp3) is 0.429. The molecule has 1 atom stereocenters. The van der Waals surface area contributed by atoms with Gasteiger partial charge in [-0.25, -0.2) is 0 Å². The molecule has 0 radical (unpaired) electrons. The van der Waals surface area contributed by atoms with E-state index in [1.54, 1.807) is 0 Å². The molecule has 94 valence electrons. The monoisotopic (exact) mass is 244 g/mol. The lowest BCUT2D eigenvalue weighted by Gasteiger charge is -2.18. The van der Waals surface area contributed by atoms with Gasteiger partial charge in [0.2, 0.25) is 5.91 Å². The molecule has 0 spiro atoms. The van der Waals surface area contributed by atoms with Gasteiger partial charge in [0.15, 0.2) is 5.78 Å². The number of Topliss-reactive ketones (excluding diaryl/α,β-unsaturated/α-hetero) is 1. The van der Waals surface area contributed by atoms with Gasteiger partial charge in [0.1, 0.15) is 0 Å². The molecule has 18 heavy (non-hydrogen) atoms. The maximum Gasteiger partial charge on any atom is 0.224 e. The predicted molar refractivity (Wildman–Crippen MR) is 68.7 cm³/mol. The number of carbonyl (C=O) groups is 2. The molecule has 2 N–H and O–H groups in total. The standard InChI is InChI=1S/C14H16N2O2/c17-13-4-2-9-7-10(1-3-12(9)16-13)14(18)11-5-6-15-8-11/h1,3,7,11,15H,2,4-6,8H2,(H,16,17). The van der Waals surface area contributed by atoms with Crippen LogP contribution >= 0.6 is 0 Å². The van der Waals surface area contributed by atoms with E-state index in [2.05, 4.69) is 10.6 Å². The predicted octanol–water partition coefficient (Wildman–Crippen LogP) is 1.36. The van der Waals surface area contributed by atoms with E-state index in [-0.39, 0.29) is 17.6 Å². The second-order valence-electron chi connectivity index (χ2n) is 4.97. The third kappa shape index (κ3) is 2.04. The van der Waals surface area contributed by atoms with E-state index in [0.717, 1.165) is 42.7 Å². The summed E-state index contributed by atoms with van der Waals surface area (Å²) in [6.07, 6.45) is 2.16. The highest BCUT2D eigenvalue weighted by Crippen LogP contribution is 2.25. The van der Waals surface area contributed by atoms with Crippen molar-refractivity contribution in [2.45, 2.75) is 19.3 Å². The van der Waals surface area contributed by atoms with E-state index in [1.165, 1.54) is 0 Å². The third-order valence-electron chi connectivity index (χ3n) is 3.72. The van der Waals surface area contributed by atoms with Crippen LogP contribution in [0.3, 0.4) is 0 Å². The molecule has 0 aromatic heterocycles. The zero-order valence-corrected chi connectivity index (χ0v) is 10.2. The summed E-state index contributed by atoms with van der Waals surface area (Å²) in [6, 6.07) is 5.61. The van der Waals surface area contributed by atoms with Crippen LogP contribution in [0.4, 0.5) is 5.69 Å². The normalized spacial score (nSPS) is 22.4. The minimum atomic E-state index is 0.0570. The van der Waals surface area contributed by atoms with E-state index < -0.39 is 0 Å². The van der Waals surface area contributed by atoms with Gasteiger partial charge in [0.25, 0.3) is 0 Å². The van der Waals surface area contributed by atoms with Gasteiger partial charge in [-0.3, -0.25) is 9.59 Å². The smallest absolute Gasteiger partial charge is 0.224 e. The first kappa shape index (κ1) is 11.4. The van der Waals surface area contributed by atoms with Crippen molar-refractivity contribution in [1.29, 1.82) is 0 Å². The quantitative estimate of drug-likeness (QED) is 0.772. The SMILES string of the molecule is O=C1CCc2cc(C(=O)C3CCNC3)ccc2N1. The van der Waals surface area contributed by atoms with Gasteiger partial charge in [-0.2, -0.15) is 0 Å². The summed E-state index contributed by atoms with van der Waals surface area (Å²) in [6.45, 7) is 1.71. The molecule has 1 aromatic carbocycles. The van der Waals surface area contributed by atoms with Gasteiger partial charge in [0.05, 0.1) is 0 Å². The van der Waals surface area contributed by atoms with Gasteiger partial charge in [0, 0.05) is 30.1 Å². The first-order valence-corrected chi connectivity index (χ1v) is 6.42. The van der Waals surface area contributed by atoms with Crippen molar-refractivity contribution in [1.82, 2.24) is 5.32 Å². The molecule has 2 aliphatic rings. The number of nitrogens with one attached hydrogen (secondary N) is 2. The van der Waals surface area contributed by atoms with Gasteiger partial charge < -0.3 is 10.6 Å². The number of carbonyl (C=O) groups excluding carboxylic acids is 2. The summed E-state index contributed by atoms with van der Waals surface area (Å²) in [5.41, 5.74) is 2.71. The Morgan fingerprint density at radius 1 is 1.28 bits per heavy atom. The molecule has 1 fully saturated rings. The summed E-state index contributed by atoms with van der Waals surface area (Å²) < 4.78 is 0. The number of fused-ring (bicyclic) bond motifs is 1. The Labute approximate surface area is 106 Å². The molecule has 1 saturated heterocycles. The summed E-state index contributed by atoms with van der Waals surface area (Å²) in [4.78, 5) is 23.5. The first-order chi connectivity index (χ1) is 8.74. The Bertz CT molecular complexity index is 505. The molecule has 2 aliphatic heterocycles. The maximum absolute atomic E-state index is 12.3. The Hall–Kier alpha value is -1.68. The van der Waals surface area contributed by atoms with Crippen molar-refractivity contribution < 1.29 is 9.59 Å². The van der Waals surface area contributed by atoms with Crippen molar-refractivity contribution in [2.24, 2.45) is 5.92 Å². The van der Waals surface area contributed by atoms with Crippen molar-refractivity contribution in [2.75, 3.05) is 18.4 Å². The van der Waals surface area contributed by atoms with Gasteiger partial charge in [-0.1, -0.05) is 0 Å². The van der Waals surface area contributed by atoms with Crippen molar-refractivity contribution in [3.05, 3.63) is 29.3 Å². The van der Waals surface area contributed by atoms with E-state index in [0.29, 0.717) is 6.42 Å². The van der Waals surface area contributed by atoms with Crippen LogP contribution in [0.1, 0.15) is 28.8 Å². The van der Waals surface area contributed by atoms with Crippen LogP contribution in [0.25, 0.3) is 0 Å². The highest BCUT2D eigenvalue weighted by molar-refractivity contribution is 6.00. The van der Waals surface area contributed by atoms with Crippen LogP contribution in [0.5, 0.6) is 0 Å². The van der Waals surface area contributed by atoms with E-state index in [9.17, 15) is 9.59 Å². The first-order valence-electron chi connectivity index (χ1n) is 6.42. The molecule has 4 heteroatoms. The van der Waals surface area contributed by atoms with Crippen molar-refractivity contribution >= 4 is 17.4 Å². The number of rotatable bonds is 2. The average molecular weight is 244 g/mol. The molecule has 4 nitrogen and oxygen atoms in total. The molecular formula is C14H16N2O2. The highest BCUT2D eigenvalue weighted by Gasteiger charge is 2.24. The fourth-order valence-corrected chi connectivity index (χ4v) is 2.65. The second-order valence-corrected chi connectivity index (χ2v) is 4.97. The summed E-state index contributed by atoms with van der Waals surface area (Å²) in [7, 11) is 0. The van der Waals surface area contributed by atoms with Gasteiger partial charge >= 0.3 is 0 Å². The largest absolute Gasteiger partial charge is 0.326 e. The highest BCUT2D eigenvalue weighted by atomic mass is 16.1. The van der Waals surface area contributed by atoms with Crippen LogP contribution in [0.15, 0.2) is 18.2 Å². The topological polar surface area (TPSA) is 58.2 Å². The minimum absolute atomic E-state index is 0.0570. The number of anilines is 1. The fourth-order valence-electron chi connectivity index (χ4n) is 2.65. The van der Waals surface area contributed by atoms with E-state index in [4.69, 9.17) is 0 Å². The Morgan fingerprint density at radius 2 is 2.17 bits per heavy atom. The Kier molecular flexibility index (Phi) is 2.88. The van der Waals surface area contributed by atoms with Crippen molar-refractivity contribution in [3.63, 3.8) is 0 Å². The Balaban J connectivity index is 1.85. The maximum atomic E-state index is 12.3. The number of ketones is 1. The zero-order chi connectivity index (χ0) is 12.5. The summed E-state index contributed by atoms with van der Waals surface area (Å²) in [5.74, 6) is 0.391. The lowest BCUT2D eigenvalue weighted by Crippen LogP contribution is -2.21. The minimum Gasteiger partial charge on any atom is -0.326 e. The number of aryl methyl sites for hydroxylation is 1. The average Bonchev–Trinajstić information content (AvgIpc) is 2.91. The number of benzene rings is 1. The lowest BCUT2D eigenvalue weighted by atomic mass is 9.93.